The predicted molar refractivity (Wildman–Crippen MR) is 95.6 cm³/mol. The number of aromatic hydroxyl groups is 1. The third-order valence-corrected chi connectivity index (χ3v) is 5.53. The molecular formula is C17H19N3O4S. The van der Waals surface area contributed by atoms with E-state index in [1.807, 2.05) is 22.9 Å². The smallest absolute Gasteiger partial charge is 0.326 e. The highest BCUT2D eigenvalue weighted by molar-refractivity contribution is 7.92. The molecule has 25 heavy (non-hydrogen) atoms. The van der Waals surface area contributed by atoms with E-state index in [-0.39, 0.29) is 18.0 Å². The van der Waals surface area contributed by atoms with Gasteiger partial charge in [-0.2, -0.15) is 8.42 Å². The highest BCUT2D eigenvalue weighted by Gasteiger charge is 2.35. The molecule has 0 unspecified atom stereocenters. The second-order valence-electron chi connectivity index (χ2n) is 5.92. The van der Waals surface area contributed by atoms with Crippen molar-refractivity contribution in [2.75, 3.05) is 16.6 Å². The van der Waals surface area contributed by atoms with E-state index in [4.69, 9.17) is 5.73 Å². The van der Waals surface area contributed by atoms with Gasteiger partial charge in [0.05, 0.1) is 5.69 Å². The number of aryl methyl sites for hydroxylation is 1. The SMILES string of the molecule is CCc1ccc(N)c(Cc2ccc(N3CC(=O)NS3(=O)=O)c(O)c2)c1. The standard InChI is InChI=1S/C17H19N3O4S/c1-2-11-3-5-14(18)13(7-11)8-12-4-6-15(16(21)9-12)20-10-17(22)19-25(20,23)24/h3-7,9,21H,2,8,10,18H2,1H3,(H,19,22). The number of anilines is 2. The number of phenols is 1. The first-order valence-corrected chi connectivity index (χ1v) is 9.26. The Morgan fingerprint density at radius 1 is 1.20 bits per heavy atom. The van der Waals surface area contributed by atoms with Crippen LogP contribution in [0.3, 0.4) is 0 Å². The molecule has 0 atom stereocenters. The van der Waals surface area contributed by atoms with Crippen LogP contribution < -0.4 is 14.8 Å². The van der Waals surface area contributed by atoms with Crippen molar-refractivity contribution in [2.24, 2.45) is 0 Å². The van der Waals surface area contributed by atoms with Crippen molar-refractivity contribution in [1.82, 2.24) is 4.72 Å². The van der Waals surface area contributed by atoms with Crippen LogP contribution in [-0.2, 0) is 27.8 Å². The zero-order valence-electron chi connectivity index (χ0n) is 13.7. The van der Waals surface area contributed by atoms with Gasteiger partial charge in [0, 0.05) is 5.69 Å². The van der Waals surface area contributed by atoms with Crippen LogP contribution in [0.2, 0.25) is 0 Å². The van der Waals surface area contributed by atoms with Crippen molar-refractivity contribution in [2.45, 2.75) is 19.8 Å². The summed E-state index contributed by atoms with van der Waals surface area (Å²) in [7, 11) is -3.95. The molecule has 0 saturated carbocycles. The summed E-state index contributed by atoms with van der Waals surface area (Å²) in [6, 6.07) is 10.5. The topological polar surface area (TPSA) is 113 Å². The van der Waals surface area contributed by atoms with E-state index < -0.39 is 16.1 Å². The van der Waals surface area contributed by atoms with E-state index in [2.05, 4.69) is 6.92 Å². The number of nitrogens with one attached hydrogen (secondary N) is 1. The largest absolute Gasteiger partial charge is 0.506 e. The van der Waals surface area contributed by atoms with Gasteiger partial charge in [0.1, 0.15) is 12.3 Å². The van der Waals surface area contributed by atoms with Gasteiger partial charge in [-0.1, -0.05) is 25.1 Å². The van der Waals surface area contributed by atoms with E-state index in [0.29, 0.717) is 12.1 Å². The number of hydrogen-bond acceptors (Lipinski definition) is 5. The van der Waals surface area contributed by atoms with Crippen molar-refractivity contribution in [3.05, 3.63) is 53.1 Å². The lowest BCUT2D eigenvalue weighted by Gasteiger charge is -2.17. The number of nitrogens with zero attached hydrogens (tertiary/aromatic N) is 1. The van der Waals surface area contributed by atoms with Gasteiger partial charge in [-0.25, -0.2) is 9.03 Å². The van der Waals surface area contributed by atoms with E-state index in [1.54, 1.807) is 6.07 Å². The highest BCUT2D eigenvalue weighted by Crippen LogP contribution is 2.32. The van der Waals surface area contributed by atoms with E-state index in [1.165, 1.54) is 12.1 Å². The molecule has 4 N–H and O–H groups in total. The van der Waals surface area contributed by atoms with E-state index in [9.17, 15) is 18.3 Å². The fourth-order valence-electron chi connectivity index (χ4n) is 2.80. The van der Waals surface area contributed by atoms with Gasteiger partial charge in [0.25, 0.3) is 5.91 Å². The Morgan fingerprint density at radius 3 is 2.52 bits per heavy atom. The lowest BCUT2D eigenvalue weighted by atomic mass is 9.99. The van der Waals surface area contributed by atoms with E-state index >= 15 is 0 Å². The maximum Gasteiger partial charge on any atom is 0.326 e. The average Bonchev–Trinajstić information content (AvgIpc) is 2.82. The lowest BCUT2D eigenvalue weighted by molar-refractivity contribution is -0.117. The molecule has 0 radical (unpaired) electrons. The summed E-state index contributed by atoms with van der Waals surface area (Å²) in [6.45, 7) is 1.71. The van der Waals surface area contributed by atoms with Crippen LogP contribution in [0.15, 0.2) is 36.4 Å². The number of nitrogen functional groups attached to an aromatic ring is 1. The van der Waals surface area contributed by atoms with Crippen molar-refractivity contribution in [3.63, 3.8) is 0 Å². The van der Waals surface area contributed by atoms with Gasteiger partial charge in [-0.15, -0.1) is 0 Å². The third kappa shape index (κ3) is 3.39. The number of benzene rings is 2. The Hall–Kier alpha value is -2.74. The number of carbonyl (C=O) groups excluding carboxylic acids is 1. The van der Waals surface area contributed by atoms with Crippen molar-refractivity contribution >= 4 is 27.5 Å². The monoisotopic (exact) mass is 361 g/mol. The first-order chi connectivity index (χ1) is 11.8. The van der Waals surface area contributed by atoms with Gasteiger partial charge in [0.2, 0.25) is 0 Å². The second-order valence-corrected chi connectivity index (χ2v) is 7.52. The number of amides is 1. The minimum Gasteiger partial charge on any atom is -0.506 e. The molecule has 2 aromatic rings. The summed E-state index contributed by atoms with van der Waals surface area (Å²) in [5.41, 5.74) is 9.64. The third-order valence-electron chi connectivity index (χ3n) is 4.14. The van der Waals surface area contributed by atoms with Gasteiger partial charge in [0.15, 0.2) is 0 Å². The van der Waals surface area contributed by atoms with Gasteiger partial charge in [-0.3, -0.25) is 4.79 Å². The summed E-state index contributed by atoms with van der Waals surface area (Å²) in [6.07, 6.45) is 1.41. The molecule has 1 aliphatic rings. The van der Waals surface area contributed by atoms with Gasteiger partial charge >= 0.3 is 10.2 Å². The number of rotatable bonds is 4. The summed E-state index contributed by atoms with van der Waals surface area (Å²) < 4.78 is 26.5. The van der Waals surface area contributed by atoms with Gasteiger partial charge < -0.3 is 10.8 Å². The molecule has 0 spiro atoms. The molecule has 132 valence electrons. The molecule has 0 aliphatic carbocycles. The molecule has 1 saturated heterocycles. The fourth-order valence-corrected chi connectivity index (χ4v) is 3.97. The Kier molecular flexibility index (Phi) is 4.30. The Bertz CT molecular complexity index is 941. The zero-order chi connectivity index (χ0) is 18.2. The zero-order valence-corrected chi connectivity index (χ0v) is 14.5. The molecule has 1 aliphatic heterocycles. The first-order valence-electron chi connectivity index (χ1n) is 7.82. The quantitative estimate of drug-likeness (QED) is 0.711. The Morgan fingerprint density at radius 2 is 1.92 bits per heavy atom. The maximum atomic E-state index is 11.9. The average molecular weight is 361 g/mol. The van der Waals surface area contributed by atoms with Crippen LogP contribution >= 0.6 is 0 Å². The number of carbonyl (C=O) groups is 1. The second kappa shape index (κ2) is 6.29. The predicted octanol–water partition coefficient (Wildman–Crippen LogP) is 1.31. The summed E-state index contributed by atoms with van der Waals surface area (Å²) in [5, 5.41) is 10.2. The normalized spacial score (nSPS) is 16.0. The van der Waals surface area contributed by atoms with Crippen LogP contribution in [0.25, 0.3) is 0 Å². The van der Waals surface area contributed by atoms with Crippen LogP contribution in [0.4, 0.5) is 11.4 Å². The molecule has 3 rings (SSSR count). The van der Waals surface area contributed by atoms with Crippen molar-refractivity contribution in [3.8, 4) is 5.75 Å². The molecule has 1 heterocycles. The Labute approximate surface area is 146 Å². The van der Waals surface area contributed by atoms with Crippen LogP contribution in [0.1, 0.15) is 23.6 Å². The first kappa shape index (κ1) is 17.1. The minimum absolute atomic E-state index is 0.0670. The number of phenolic OH excluding ortho intramolecular Hbond substituents is 1. The highest BCUT2D eigenvalue weighted by atomic mass is 32.2. The van der Waals surface area contributed by atoms with Crippen molar-refractivity contribution in [1.29, 1.82) is 0 Å². The maximum absolute atomic E-state index is 11.9. The molecule has 8 heteroatoms. The molecule has 0 bridgehead atoms. The summed E-state index contributed by atoms with van der Waals surface area (Å²) in [4.78, 5) is 11.3. The number of nitrogens with two attached hydrogens (primary N) is 1. The van der Waals surface area contributed by atoms with Gasteiger partial charge in [-0.05, 0) is 47.7 Å². The van der Waals surface area contributed by atoms with Crippen LogP contribution in [-0.4, -0.2) is 26.0 Å². The summed E-state index contributed by atoms with van der Waals surface area (Å²) in [5.74, 6) is -0.838. The Balaban J connectivity index is 1.89. The van der Waals surface area contributed by atoms with Crippen LogP contribution in [0, 0.1) is 0 Å². The molecule has 0 aromatic heterocycles. The molecule has 1 amide bonds. The minimum atomic E-state index is -3.95. The number of hydrogen-bond donors (Lipinski definition) is 3. The molecule has 7 nitrogen and oxygen atoms in total. The molecule has 2 aromatic carbocycles. The fraction of sp³-hybridized carbons (Fsp3) is 0.235. The summed E-state index contributed by atoms with van der Waals surface area (Å²) >= 11 is 0. The lowest BCUT2D eigenvalue weighted by Crippen LogP contribution is -2.29. The van der Waals surface area contributed by atoms with Crippen LogP contribution in [0.5, 0.6) is 5.75 Å². The van der Waals surface area contributed by atoms with E-state index in [0.717, 1.165) is 27.4 Å². The molecule has 1 fully saturated rings. The van der Waals surface area contributed by atoms with Crippen molar-refractivity contribution < 1.29 is 18.3 Å². The molecular weight excluding hydrogens is 342 g/mol.